The molecule has 90 valence electrons. The van der Waals surface area contributed by atoms with Crippen LogP contribution in [-0.2, 0) is 6.54 Å². The first-order valence-electron chi connectivity index (χ1n) is 4.77. The molecule has 2 N–H and O–H groups in total. The van der Waals surface area contributed by atoms with Gasteiger partial charge in [0.1, 0.15) is 5.75 Å². The number of hydrogen-bond acceptors (Lipinski definition) is 5. The molecule has 0 fully saturated rings. The molecule has 0 amide bonds. The van der Waals surface area contributed by atoms with Crippen LogP contribution in [0.4, 0.5) is 8.78 Å². The minimum atomic E-state index is -2.87. The van der Waals surface area contributed by atoms with E-state index in [1.165, 1.54) is 12.1 Å². The van der Waals surface area contributed by atoms with Gasteiger partial charge in [-0.2, -0.15) is 13.8 Å². The summed E-state index contributed by atoms with van der Waals surface area (Å²) in [7, 11) is 0. The average Bonchev–Trinajstić information content (AvgIpc) is 2.77. The summed E-state index contributed by atoms with van der Waals surface area (Å²) in [6.07, 6.45) is 0. The molecule has 0 atom stereocenters. The second-order valence-corrected chi connectivity index (χ2v) is 3.12. The number of nitrogens with zero attached hydrogens (tertiary/aromatic N) is 2. The Labute approximate surface area is 95.2 Å². The first-order chi connectivity index (χ1) is 8.19. The zero-order valence-corrected chi connectivity index (χ0v) is 8.64. The van der Waals surface area contributed by atoms with E-state index in [2.05, 4.69) is 14.9 Å². The lowest BCUT2D eigenvalue weighted by atomic mass is 10.2. The van der Waals surface area contributed by atoms with Crippen LogP contribution in [0, 0.1) is 0 Å². The van der Waals surface area contributed by atoms with Crippen molar-refractivity contribution in [1.29, 1.82) is 0 Å². The molecule has 5 nitrogen and oxygen atoms in total. The topological polar surface area (TPSA) is 74.2 Å². The molecule has 0 radical (unpaired) electrons. The van der Waals surface area contributed by atoms with Crippen LogP contribution in [-0.4, -0.2) is 16.8 Å². The molecule has 1 heterocycles. The first kappa shape index (κ1) is 11.5. The van der Waals surface area contributed by atoms with Crippen molar-refractivity contribution in [2.24, 2.45) is 5.73 Å². The predicted octanol–water partition coefficient (Wildman–Crippen LogP) is 1.80. The number of ether oxygens (including phenoxy) is 1. The summed E-state index contributed by atoms with van der Waals surface area (Å²) in [4.78, 5) is 3.97. The standard InChI is InChI=1S/C10H9F2N3O2/c11-10(12)16-7-3-1-2-6(4-7)9-14-8(5-13)17-15-9/h1-4,10H,5,13H2. The van der Waals surface area contributed by atoms with E-state index in [-0.39, 0.29) is 24.0 Å². The van der Waals surface area contributed by atoms with E-state index >= 15 is 0 Å². The van der Waals surface area contributed by atoms with Gasteiger partial charge in [-0.3, -0.25) is 0 Å². The maximum Gasteiger partial charge on any atom is 0.387 e. The quantitative estimate of drug-likeness (QED) is 0.883. The van der Waals surface area contributed by atoms with Crippen LogP contribution in [0.15, 0.2) is 28.8 Å². The summed E-state index contributed by atoms with van der Waals surface area (Å²) in [5.74, 6) is 0.599. The highest BCUT2D eigenvalue weighted by atomic mass is 19.3. The molecule has 1 aromatic carbocycles. The molecule has 1 aromatic heterocycles. The van der Waals surface area contributed by atoms with E-state index in [1.807, 2.05) is 0 Å². The highest BCUT2D eigenvalue weighted by Crippen LogP contribution is 2.22. The molecule has 0 bridgehead atoms. The molecule has 7 heteroatoms. The van der Waals surface area contributed by atoms with E-state index in [1.54, 1.807) is 12.1 Å². The van der Waals surface area contributed by atoms with E-state index in [0.717, 1.165) is 0 Å². The molecular formula is C10H9F2N3O2. The Kier molecular flexibility index (Phi) is 3.29. The molecular weight excluding hydrogens is 232 g/mol. The fourth-order valence-electron chi connectivity index (χ4n) is 1.27. The normalized spacial score (nSPS) is 10.8. The largest absolute Gasteiger partial charge is 0.435 e. The number of hydrogen-bond donors (Lipinski definition) is 1. The molecule has 2 rings (SSSR count). The minimum Gasteiger partial charge on any atom is -0.435 e. The maximum absolute atomic E-state index is 12.0. The van der Waals surface area contributed by atoms with Crippen molar-refractivity contribution in [3.63, 3.8) is 0 Å². The van der Waals surface area contributed by atoms with Crippen LogP contribution < -0.4 is 10.5 Å². The Balaban J connectivity index is 2.26. The van der Waals surface area contributed by atoms with Crippen LogP contribution in [0.25, 0.3) is 11.4 Å². The predicted molar refractivity (Wildman–Crippen MR) is 54.3 cm³/mol. The van der Waals surface area contributed by atoms with Crippen molar-refractivity contribution in [2.75, 3.05) is 0 Å². The zero-order chi connectivity index (χ0) is 12.3. The summed E-state index contributed by atoms with van der Waals surface area (Å²) in [6, 6.07) is 6.03. The molecule has 0 saturated carbocycles. The van der Waals surface area contributed by atoms with Gasteiger partial charge in [-0.15, -0.1) is 0 Å². The summed E-state index contributed by atoms with van der Waals surface area (Å²) < 4.78 is 33.1. The number of aromatic nitrogens is 2. The van der Waals surface area contributed by atoms with Crippen LogP contribution >= 0.6 is 0 Å². The van der Waals surface area contributed by atoms with Gasteiger partial charge < -0.3 is 15.0 Å². The van der Waals surface area contributed by atoms with Gasteiger partial charge in [0.15, 0.2) is 0 Å². The Morgan fingerprint density at radius 2 is 2.24 bits per heavy atom. The van der Waals surface area contributed by atoms with E-state index in [0.29, 0.717) is 5.56 Å². The molecule has 17 heavy (non-hydrogen) atoms. The fraction of sp³-hybridized carbons (Fsp3) is 0.200. The average molecular weight is 241 g/mol. The number of benzene rings is 1. The molecule has 0 aliphatic heterocycles. The highest BCUT2D eigenvalue weighted by Gasteiger charge is 2.10. The van der Waals surface area contributed by atoms with Gasteiger partial charge >= 0.3 is 6.61 Å². The highest BCUT2D eigenvalue weighted by molar-refractivity contribution is 5.56. The monoisotopic (exact) mass is 241 g/mol. The smallest absolute Gasteiger partial charge is 0.387 e. The van der Waals surface area contributed by atoms with Gasteiger partial charge in [0.25, 0.3) is 0 Å². The third-order valence-corrected chi connectivity index (χ3v) is 1.96. The number of nitrogens with two attached hydrogens (primary N) is 1. The van der Waals surface area contributed by atoms with Crippen LogP contribution in [0.5, 0.6) is 5.75 Å². The fourth-order valence-corrected chi connectivity index (χ4v) is 1.27. The van der Waals surface area contributed by atoms with Crippen LogP contribution in [0.1, 0.15) is 5.89 Å². The van der Waals surface area contributed by atoms with Crippen molar-refractivity contribution < 1.29 is 18.0 Å². The SMILES string of the molecule is NCc1nc(-c2cccc(OC(F)F)c2)no1. The Morgan fingerprint density at radius 1 is 1.41 bits per heavy atom. The Morgan fingerprint density at radius 3 is 2.88 bits per heavy atom. The van der Waals surface area contributed by atoms with Crippen molar-refractivity contribution in [3.8, 4) is 17.1 Å². The molecule has 2 aromatic rings. The zero-order valence-electron chi connectivity index (χ0n) is 8.64. The van der Waals surface area contributed by atoms with Gasteiger partial charge in [-0.25, -0.2) is 0 Å². The van der Waals surface area contributed by atoms with E-state index in [9.17, 15) is 8.78 Å². The maximum atomic E-state index is 12.0. The second kappa shape index (κ2) is 4.88. The van der Waals surface area contributed by atoms with Crippen molar-refractivity contribution in [2.45, 2.75) is 13.2 Å². The van der Waals surface area contributed by atoms with Crippen molar-refractivity contribution >= 4 is 0 Å². The summed E-state index contributed by atoms with van der Waals surface area (Å²) >= 11 is 0. The number of alkyl halides is 2. The minimum absolute atomic E-state index is 0.0385. The lowest BCUT2D eigenvalue weighted by Gasteiger charge is -2.04. The van der Waals surface area contributed by atoms with Gasteiger partial charge in [0, 0.05) is 5.56 Å². The van der Waals surface area contributed by atoms with Gasteiger partial charge in [-0.05, 0) is 12.1 Å². The second-order valence-electron chi connectivity index (χ2n) is 3.12. The van der Waals surface area contributed by atoms with E-state index in [4.69, 9.17) is 10.3 Å². The van der Waals surface area contributed by atoms with Gasteiger partial charge in [-0.1, -0.05) is 17.3 Å². The van der Waals surface area contributed by atoms with Gasteiger partial charge in [0.05, 0.1) is 6.54 Å². The Bertz CT molecular complexity index is 502. The van der Waals surface area contributed by atoms with Crippen molar-refractivity contribution in [3.05, 3.63) is 30.2 Å². The molecule has 0 saturated heterocycles. The number of rotatable bonds is 4. The summed E-state index contributed by atoms with van der Waals surface area (Å²) in [5.41, 5.74) is 5.84. The van der Waals surface area contributed by atoms with Crippen LogP contribution in [0.3, 0.4) is 0 Å². The Hall–Kier alpha value is -2.02. The van der Waals surface area contributed by atoms with Crippen LogP contribution in [0.2, 0.25) is 0 Å². The summed E-state index contributed by atoms with van der Waals surface area (Å²) in [5, 5.41) is 3.67. The number of halogens is 2. The molecule has 0 spiro atoms. The third kappa shape index (κ3) is 2.76. The summed E-state index contributed by atoms with van der Waals surface area (Å²) in [6.45, 7) is -2.74. The lowest BCUT2D eigenvalue weighted by molar-refractivity contribution is -0.0498. The molecule has 0 aliphatic rings. The first-order valence-corrected chi connectivity index (χ1v) is 4.77. The molecule has 0 unspecified atom stereocenters. The van der Waals surface area contributed by atoms with Crippen molar-refractivity contribution in [1.82, 2.24) is 10.1 Å². The third-order valence-electron chi connectivity index (χ3n) is 1.96. The molecule has 0 aliphatic carbocycles. The lowest BCUT2D eigenvalue weighted by Crippen LogP contribution is -2.01. The van der Waals surface area contributed by atoms with E-state index < -0.39 is 6.61 Å². The van der Waals surface area contributed by atoms with Gasteiger partial charge in [0.2, 0.25) is 11.7 Å².